The number of nitrogens with one attached hydrogen (secondary N) is 1. The van der Waals surface area contributed by atoms with Gasteiger partial charge in [0.05, 0.1) is 28.5 Å². The first-order valence-electron chi connectivity index (χ1n) is 7.66. The Morgan fingerprint density at radius 1 is 1.18 bits per heavy atom. The summed E-state index contributed by atoms with van der Waals surface area (Å²) in [6, 6.07) is 3.72. The lowest BCUT2D eigenvalue weighted by atomic mass is 9.42. The zero-order chi connectivity index (χ0) is 16.0. The number of ether oxygens (including phenoxy) is 1. The minimum Gasteiger partial charge on any atom is -0.385 e. The third-order valence-electron chi connectivity index (χ3n) is 6.02. The smallest absolute Gasteiger partial charge is 0.0932 e. The largest absolute Gasteiger partial charge is 0.385 e. The number of benzene rings is 1. The third-order valence-corrected chi connectivity index (χ3v) is 6.24. The number of rotatable bonds is 1. The molecule has 2 aromatic rings. The van der Waals surface area contributed by atoms with Gasteiger partial charge >= 0.3 is 0 Å². The van der Waals surface area contributed by atoms with E-state index in [1.165, 1.54) is 0 Å². The molecule has 1 aromatic heterocycles. The molecular weight excluding hydrogens is 300 g/mol. The first kappa shape index (κ1) is 14.5. The maximum Gasteiger partial charge on any atom is 0.0932 e. The highest BCUT2D eigenvalue weighted by molar-refractivity contribution is 6.31. The van der Waals surface area contributed by atoms with Crippen molar-refractivity contribution in [3.05, 3.63) is 28.9 Å². The monoisotopic (exact) mass is 320 g/mol. The summed E-state index contributed by atoms with van der Waals surface area (Å²) in [7, 11) is 0. The molecule has 0 bridgehead atoms. The Labute approximate surface area is 134 Å². The Bertz CT molecular complexity index is 756. The highest BCUT2D eigenvalue weighted by Crippen LogP contribution is 2.72. The van der Waals surface area contributed by atoms with E-state index in [4.69, 9.17) is 16.3 Å². The average molecular weight is 321 g/mol. The number of H-pyrrole nitrogens is 1. The molecular formula is C17H21ClN2O2. The van der Waals surface area contributed by atoms with Gasteiger partial charge in [0.15, 0.2) is 0 Å². The lowest BCUT2D eigenvalue weighted by Crippen LogP contribution is -2.79. The summed E-state index contributed by atoms with van der Waals surface area (Å²) in [5, 5.41) is 19.9. The molecule has 118 valence electrons. The van der Waals surface area contributed by atoms with E-state index >= 15 is 0 Å². The third kappa shape index (κ3) is 1.53. The fourth-order valence-corrected chi connectivity index (χ4v) is 5.12. The van der Waals surface area contributed by atoms with Crippen molar-refractivity contribution in [2.75, 3.05) is 0 Å². The molecule has 0 amide bonds. The first-order chi connectivity index (χ1) is 10.1. The number of aromatic amines is 1. The van der Waals surface area contributed by atoms with Crippen molar-refractivity contribution in [3.63, 3.8) is 0 Å². The molecule has 2 N–H and O–H groups in total. The summed E-state index contributed by atoms with van der Waals surface area (Å²) < 4.78 is 6.04. The van der Waals surface area contributed by atoms with Crippen molar-refractivity contribution in [1.82, 2.24) is 10.2 Å². The summed E-state index contributed by atoms with van der Waals surface area (Å²) in [6.45, 7) is 8.45. The lowest BCUT2D eigenvalue weighted by molar-refractivity contribution is -0.413. The van der Waals surface area contributed by atoms with Crippen LogP contribution in [0.3, 0.4) is 0 Å². The van der Waals surface area contributed by atoms with Gasteiger partial charge in [0, 0.05) is 21.4 Å². The quantitative estimate of drug-likeness (QED) is 0.841. The van der Waals surface area contributed by atoms with E-state index in [9.17, 15) is 5.11 Å². The number of halogens is 1. The molecule has 0 radical (unpaired) electrons. The van der Waals surface area contributed by atoms with E-state index in [1.807, 2.05) is 12.1 Å². The topological polar surface area (TPSA) is 58.1 Å². The van der Waals surface area contributed by atoms with Gasteiger partial charge in [-0.05, 0) is 52.7 Å². The van der Waals surface area contributed by atoms with Gasteiger partial charge in [-0.1, -0.05) is 11.6 Å². The van der Waals surface area contributed by atoms with Gasteiger partial charge in [-0.3, -0.25) is 5.10 Å². The van der Waals surface area contributed by atoms with E-state index in [-0.39, 0.29) is 16.6 Å². The van der Waals surface area contributed by atoms with E-state index in [0.29, 0.717) is 17.9 Å². The Morgan fingerprint density at radius 2 is 1.82 bits per heavy atom. The minimum absolute atomic E-state index is 0.0105. The maximum atomic E-state index is 11.2. The Kier molecular flexibility index (Phi) is 2.54. The highest BCUT2D eigenvalue weighted by Gasteiger charge is 2.75. The summed E-state index contributed by atoms with van der Waals surface area (Å²) in [5.74, 6) is 0. The molecule has 5 heteroatoms. The molecule has 0 unspecified atom stereocenters. The molecule has 1 saturated carbocycles. The Balaban J connectivity index is 1.77. The van der Waals surface area contributed by atoms with Crippen LogP contribution in [-0.4, -0.2) is 26.5 Å². The molecule has 1 saturated heterocycles. The van der Waals surface area contributed by atoms with Crippen LogP contribution in [0, 0.1) is 5.41 Å². The van der Waals surface area contributed by atoms with Crippen molar-refractivity contribution < 1.29 is 9.84 Å². The van der Waals surface area contributed by atoms with Gasteiger partial charge < -0.3 is 9.84 Å². The number of nitrogens with zero attached hydrogens (tertiary/aromatic N) is 1. The van der Waals surface area contributed by atoms with Crippen molar-refractivity contribution >= 4 is 22.5 Å². The second-order valence-corrected chi connectivity index (χ2v) is 8.31. The predicted octanol–water partition coefficient (Wildman–Crippen LogP) is 3.77. The number of fused-ring (bicyclic) bond motifs is 1. The summed E-state index contributed by atoms with van der Waals surface area (Å²) in [5.41, 5.74) is 0.398. The molecule has 1 spiro atoms. The SMILES string of the molecule is CC1(C)OC(C)(C)C12CC(O)(c1cc(Cl)cc3cn[nH]c13)C2. The van der Waals surface area contributed by atoms with Gasteiger partial charge in [0.1, 0.15) is 0 Å². The zero-order valence-corrected chi connectivity index (χ0v) is 14.1. The summed E-state index contributed by atoms with van der Waals surface area (Å²) in [4.78, 5) is 0. The standard InChI is InChI=1S/C17H21ClN2O2/c1-14(2)17(15(3,4)22-14)8-16(21,9-17)12-6-11(18)5-10-7-19-20-13(10)12/h5-7,21H,8-9H2,1-4H3,(H,19,20). The van der Waals surface area contributed by atoms with E-state index in [0.717, 1.165) is 16.5 Å². The molecule has 2 heterocycles. The molecule has 1 aliphatic heterocycles. The van der Waals surface area contributed by atoms with Crippen molar-refractivity contribution in [3.8, 4) is 0 Å². The van der Waals surface area contributed by atoms with Crippen LogP contribution in [0.2, 0.25) is 5.02 Å². The lowest BCUT2D eigenvalue weighted by Gasteiger charge is -2.74. The highest BCUT2D eigenvalue weighted by atomic mass is 35.5. The molecule has 1 aromatic carbocycles. The second kappa shape index (κ2) is 3.86. The number of hydrogen-bond acceptors (Lipinski definition) is 3. The Morgan fingerprint density at radius 3 is 2.41 bits per heavy atom. The van der Waals surface area contributed by atoms with Gasteiger partial charge in [0.25, 0.3) is 0 Å². The molecule has 0 atom stereocenters. The molecule has 22 heavy (non-hydrogen) atoms. The molecule has 4 rings (SSSR count). The molecule has 1 aliphatic carbocycles. The summed E-state index contributed by atoms with van der Waals surface area (Å²) >= 11 is 6.22. The number of aliphatic hydroxyl groups is 1. The van der Waals surface area contributed by atoms with Crippen LogP contribution in [0.1, 0.15) is 46.1 Å². The van der Waals surface area contributed by atoms with Crippen LogP contribution in [0.15, 0.2) is 18.3 Å². The molecule has 2 aliphatic rings. The van der Waals surface area contributed by atoms with Crippen molar-refractivity contribution in [2.45, 2.75) is 57.3 Å². The van der Waals surface area contributed by atoms with Crippen LogP contribution in [0.25, 0.3) is 10.9 Å². The molecule has 2 fully saturated rings. The second-order valence-electron chi connectivity index (χ2n) is 7.88. The van der Waals surface area contributed by atoms with Crippen LogP contribution in [-0.2, 0) is 10.3 Å². The number of aromatic nitrogens is 2. The zero-order valence-electron chi connectivity index (χ0n) is 13.3. The van der Waals surface area contributed by atoms with Crippen LogP contribution < -0.4 is 0 Å². The maximum absolute atomic E-state index is 11.2. The predicted molar refractivity (Wildman–Crippen MR) is 85.9 cm³/mol. The van der Waals surface area contributed by atoms with Crippen molar-refractivity contribution in [2.24, 2.45) is 5.41 Å². The van der Waals surface area contributed by atoms with Crippen LogP contribution in [0.4, 0.5) is 0 Å². The first-order valence-corrected chi connectivity index (χ1v) is 8.04. The van der Waals surface area contributed by atoms with Gasteiger partial charge in [0.2, 0.25) is 0 Å². The number of hydrogen-bond donors (Lipinski definition) is 2. The fraction of sp³-hybridized carbons (Fsp3) is 0.588. The van der Waals surface area contributed by atoms with E-state index in [2.05, 4.69) is 37.9 Å². The van der Waals surface area contributed by atoms with Gasteiger partial charge in [-0.15, -0.1) is 0 Å². The van der Waals surface area contributed by atoms with Gasteiger partial charge in [-0.25, -0.2) is 0 Å². The Hall–Kier alpha value is -1.10. The average Bonchev–Trinajstić information content (AvgIpc) is 2.79. The molecule has 4 nitrogen and oxygen atoms in total. The van der Waals surface area contributed by atoms with Crippen molar-refractivity contribution in [1.29, 1.82) is 0 Å². The normalized spacial score (nSPS) is 26.6. The van der Waals surface area contributed by atoms with E-state index in [1.54, 1.807) is 6.20 Å². The van der Waals surface area contributed by atoms with Gasteiger partial charge in [-0.2, -0.15) is 5.10 Å². The van der Waals surface area contributed by atoms with E-state index < -0.39 is 5.60 Å². The van der Waals surface area contributed by atoms with Crippen LogP contribution in [0.5, 0.6) is 0 Å². The summed E-state index contributed by atoms with van der Waals surface area (Å²) in [6.07, 6.45) is 3.09. The van der Waals surface area contributed by atoms with Crippen LogP contribution >= 0.6 is 11.6 Å². The fourth-order valence-electron chi connectivity index (χ4n) is 4.89. The minimum atomic E-state index is -0.881.